The van der Waals surface area contributed by atoms with Crippen molar-refractivity contribution >= 4 is 60.3 Å². The number of hydrogen-bond acceptors (Lipinski definition) is 5. The fraction of sp³-hybridized carbons (Fsp3) is 0.263. The zero-order valence-corrected chi connectivity index (χ0v) is 18.1. The lowest BCUT2D eigenvalue weighted by molar-refractivity contribution is 0.0985. The molecule has 0 unspecified atom stereocenters. The molecule has 0 fully saturated rings. The quantitative estimate of drug-likeness (QED) is 0.496. The van der Waals surface area contributed by atoms with E-state index in [0.29, 0.717) is 12.1 Å². The second kappa shape index (κ2) is 8.52. The molecule has 3 aromatic rings. The molecule has 0 N–H and O–H groups in total. The number of rotatable bonds is 6. The van der Waals surface area contributed by atoms with Crippen molar-refractivity contribution in [2.75, 3.05) is 38.3 Å². The number of amides is 1. The highest BCUT2D eigenvalue weighted by atomic mass is 79.9. The Kier molecular flexibility index (Phi) is 6.34. The van der Waals surface area contributed by atoms with Gasteiger partial charge in [-0.2, -0.15) is 0 Å². The summed E-state index contributed by atoms with van der Waals surface area (Å²) in [6, 6.07) is 13.7. The summed E-state index contributed by atoms with van der Waals surface area (Å²) in [4.78, 5) is 22.9. The highest BCUT2D eigenvalue weighted by molar-refractivity contribution is 9.10. The maximum Gasteiger partial charge on any atom is 0.260 e. The van der Waals surface area contributed by atoms with Crippen molar-refractivity contribution in [3.8, 4) is 0 Å². The number of carbonyl (C=O) groups excluding carboxylic acids is 1. The first-order valence-corrected chi connectivity index (χ1v) is 11.0. The Morgan fingerprint density at radius 2 is 1.88 bits per heavy atom. The van der Waals surface area contributed by atoms with Gasteiger partial charge in [0.1, 0.15) is 0 Å². The largest absolute Gasteiger partial charge is 0.308 e. The van der Waals surface area contributed by atoms with Crippen molar-refractivity contribution < 1.29 is 4.79 Å². The predicted octanol–water partition coefficient (Wildman–Crippen LogP) is 4.99. The van der Waals surface area contributed by atoms with Gasteiger partial charge in [-0.15, -0.1) is 11.8 Å². The highest BCUT2D eigenvalue weighted by Crippen LogP contribution is 2.32. The van der Waals surface area contributed by atoms with E-state index in [1.54, 1.807) is 28.0 Å². The number of fused-ring (bicyclic) bond motifs is 1. The Labute approximate surface area is 170 Å². The van der Waals surface area contributed by atoms with Crippen molar-refractivity contribution in [3.63, 3.8) is 0 Å². The SMILES string of the molecule is CSc1ccc2nc(N(CCN(C)C)C(=O)c3ccc(Br)cc3)sc2c1. The third-order valence-electron chi connectivity index (χ3n) is 3.92. The summed E-state index contributed by atoms with van der Waals surface area (Å²) in [6.45, 7) is 1.37. The van der Waals surface area contributed by atoms with E-state index in [1.165, 1.54) is 4.90 Å². The molecule has 7 heteroatoms. The molecule has 2 aromatic carbocycles. The van der Waals surface area contributed by atoms with Gasteiger partial charge in [0.2, 0.25) is 0 Å². The Morgan fingerprint density at radius 3 is 2.54 bits per heavy atom. The number of aromatic nitrogens is 1. The van der Waals surface area contributed by atoms with Crippen LogP contribution in [0.25, 0.3) is 10.2 Å². The maximum atomic E-state index is 13.1. The van der Waals surface area contributed by atoms with E-state index in [2.05, 4.69) is 39.2 Å². The maximum absolute atomic E-state index is 13.1. The second-order valence-corrected chi connectivity index (χ2v) is 8.90. The zero-order chi connectivity index (χ0) is 18.7. The number of likely N-dealkylation sites (N-methyl/N-ethyl adjacent to an activating group) is 1. The van der Waals surface area contributed by atoms with Crippen molar-refractivity contribution in [2.45, 2.75) is 4.90 Å². The van der Waals surface area contributed by atoms with Gasteiger partial charge in [0.15, 0.2) is 5.13 Å². The van der Waals surface area contributed by atoms with Gasteiger partial charge in [0, 0.05) is 28.0 Å². The van der Waals surface area contributed by atoms with Gasteiger partial charge >= 0.3 is 0 Å². The second-order valence-electron chi connectivity index (χ2n) is 6.10. The first-order valence-electron chi connectivity index (χ1n) is 8.14. The minimum atomic E-state index is -0.0245. The van der Waals surface area contributed by atoms with E-state index in [4.69, 9.17) is 4.98 Å². The Bertz CT molecular complexity index is 909. The molecule has 0 radical (unpaired) electrons. The molecular formula is C19H20BrN3OS2. The summed E-state index contributed by atoms with van der Waals surface area (Å²) in [5, 5.41) is 0.744. The summed E-state index contributed by atoms with van der Waals surface area (Å²) >= 11 is 6.69. The lowest BCUT2D eigenvalue weighted by Gasteiger charge is -2.22. The van der Waals surface area contributed by atoms with Gasteiger partial charge in [0.25, 0.3) is 5.91 Å². The molecule has 3 rings (SSSR count). The molecule has 0 spiro atoms. The summed E-state index contributed by atoms with van der Waals surface area (Å²) < 4.78 is 2.06. The number of halogens is 1. The van der Waals surface area contributed by atoms with Crippen LogP contribution < -0.4 is 4.90 Å². The molecule has 1 amide bonds. The van der Waals surface area contributed by atoms with E-state index in [-0.39, 0.29) is 5.91 Å². The van der Waals surface area contributed by atoms with Crippen LogP contribution in [0.1, 0.15) is 10.4 Å². The van der Waals surface area contributed by atoms with Crippen LogP contribution in [0.5, 0.6) is 0 Å². The van der Waals surface area contributed by atoms with Crippen LogP contribution >= 0.6 is 39.0 Å². The van der Waals surface area contributed by atoms with E-state index in [0.717, 1.165) is 26.4 Å². The smallest absolute Gasteiger partial charge is 0.260 e. The third kappa shape index (κ3) is 4.46. The lowest BCUT2D eigenvalue weighted by atomic mass is 10.2. The first-order chi connectivity index (χ1) is 12.5. The number of anilines is 1. The summed E-state index contributed by atoms with van der Waals surface area (Å²) in [6.07, 6.45) is 2.06. The van der Waals surface area contributed by atoms with E-state index < -0.39 is 0 Å². The Hall–Kier alpha value is -1.41. The van der Waals surface area contributed by atoms with Gasteiger partial charge in [-0.25, -0.2) is 4.98 Å². The third-order valence-corrected chi connectivity index (χ3v) is 6.22. The molecule has 0 saturated carbocycles. The van der Waals surface area contributed by atoms with Crippen LogP contribution in [-0.2, 0) is 0 Å². The van der Waals surface area contributed by atoms with Crippen LogP contribution in [0, 0.1) is 0 Å². The molecular weight excluding hydrogens is 430 g/mol. The average Bonchev–Trinajstić information content (AvgIpc) is 3.04. The molecule has 4 nitrogen and oxygen atoms in total. The minimum absolute atomic E-state index is 0.0245. The minimum Gasteiger partial charge on any atom is -0.308 e. The Morgan fingerprint density at radius 1 is 1.15 bits per heavy atom. The predicted molar refractivity (Wildman–Crippen MR) is 116 cm³/mol. The molecule has 26 heavy (non-hydrogen) atoms. The summed E-state index contributed by atoms with van der Waals surface area (Å²) in [5.74, 6) is -0.0245. The molecule has 0 aliphatic heterocycles. The molecule has 1 heterocycles. The van der Waals surface area contributed by atoms with Crippen LogP contribution in [0.15, 0.2) is 51.8 Å². The van der Waals surface area contributed by atoms with Crippen LogP contribution in [0.2, 0.25) is 0 Å². The number of benzene rings is 2. The molecule has 0 bridgehead atoms. The van der Waals surface area contributed by atoms with Crippen LogP contribution in [-0.4, -0.2) is 49.2 Å². The van der Waals surface area contributed by atoms with Gasteiger partial charge in [-0.3, -0.25) is 9.69 Å². The fourth-order valence-corrected chi connectivity index (χ4v) is 4.28. The van der Waals surface area contributed by atoms with Gasteiger partial charge in [-0.05, 0) is 62.8 Å². The van der Waals surface area contributed by atoms with Crippen LogP contribution in [0.3, 0.4) is 0 Å². The first kappa shape index (κ1) is 19.4. The number of hydrogen-bond donors (Lipinski definition) is 0. The molecule has 1 aromatic heterocycles. The number of thioether (sulfide) groups is 1. The van der Waals surface area contributed by atoms with E-state index in [9.17, 15) is 4.79 Å². The lowest BCUT2D eigenvalue weighted by Crippen LogP contribution is -2.36. The number of thiazole rings is 1. The van der Waals surface area contributed by atoms with Crippen molar-refractivity contribution in [1.29, 1.82) is 0 Å². The number of carbonyl (C=O) groups is 1. The summed E-state index contributed by atoms with van der Waals surface area (Å²) in [5.41, 5.74) is 1.59. The topological polar surface area (TPSA) is 36.4 Å². The Balaban J connectivity index is 1.97. The van der Waals surface area contributed by atoms with E-state index in [1.807, 2.05) is 44.4 Å². The van der Waals surface area contributed by atoms with Crippen LogP contribution in [0.4, 0.5) is 5.13 Å². The molecule has 0 saturated heterocycles. The van der Waals surface area contributed by atoms with Crippen molar-refractivity contribution in [1.82, 2.24) is 9.88 Å². The monoisotopic (exact) mass is 449 g/mol. The highest BCUT2D eigenvalue weighted by Gasteiger charge is 2.21. The van der Waals surface area contributed by atoms with E-state index >= 15 is 0 Å². The average molecular weight is 450 g/mol. The van der Waals surface area contributed by atoms with Gasteiger partial charge in [-0.1, -0.05) is 27.3 Å². The molecule has 136 valence electrons. The number of nitrogens with zero attached hydrogens (tertiary/aromatic N) is 3. The standard InChI is InChI=1S/C19H20BrN3OS2/c1-22(2)10-11-23(18(24)13-4-6-14(20)7-5-13)19-21-16-9-8-15(25-3)12-17(16)26-19/h4-9,12H,10-11H2,1-3H3. The molecule has 0 aliphatic rings. The molecule has 0 aliphatic carbocycles. The fourth-order valence-electron chi connectivity index (χ4n) is 2.47. The zero-order valence-electron chi connectivity index (χ0n) is 14.9. The van der Waals surface area contributed by atoms with Gasteiger partial charge < -0.3 is 4.90 Å². The summed E-state index contributed by atoms with van der Waals surface area (Å²) in [7, 11) is 4.01. The molecule has 0 atom stereocenters. The van der Waals surface area contributed by atoms with Crippen molar-refractivity contribution in [2.24, 2.45) is 0 Å². The van der Waals surface area contributed by atoms with Gasteiger partial charge in [0.05, 0.1) is 10.2 Å². The normalized spacial score (nSPS) is 11.3. The van der Waals surface area contributed by atoms with Crippen molar-refractivity contribution in [3.05, 3.63) is 52.5 Å².